The summed E-state index contributed by atoms with van der Waals surface area (Å²) >= 11 is 0. The Hall–Kier alpha value is -3.34. The summed E-state index contributed by atoms with van der Waals surface area (Å²) in [5.74, 6) is -2.42. The van der Waals surface area contributed by atoms with Gasteiger partial charge in [-0.15, -0.1) is 0 Å². The second-order valence-corrected chi connectivity index (χ2v) is 16.3. The molecular formula is C48H80NO10P. The average Bonchev–Trinajstić information content (AvgIpc) is 3.22. The summed E-state index contributed by atoms with van der Waals surface area (Å²) in [5.41, 5.74) is 5.33. The van der Waals surface area contributed by atoms with Crippen LogP contribution in [0.3, 0.4) is 0 Å². The molecule has 0 bridgehead atoms. The topological polar surface area (TPSA) is 172 Å². The summed E-state index contributed by atoms with van der Waals surface area (Å²) < 4.78 is 32.7. The van der Waals surface area contributed by atoms with Crippen molar-refractivity contribution in [2.75, 3.05) is 19.8 Å². The number of carboxylic acid groups (broad SMARTS) is 1. The molecule has 0 fully saturated rings. The Labute approximate surface area is 362 Å². The summed E-state index contributed by atoms with van der Waals surface area (Å²) in [7, 11) is -4.73. The van der Waals surface area contributed by atoms with Crippen LogP contribution < -0.4 is 5.73 Å². The smallest absolute Gasteiger partial charge is 0.472 e. The largest absolute Gasteiger partial charge is 0.480 e. The zero-order valence-corrected chi connectivity index (χ0v) is 37.9. The van der Waals surface area contributed by atoms with Crippen molar-refractivity contribution in [2.45, 2.75) is 180 Å². The number of esters is 2. The number of carboxylic acids is 1. The minimum Gasteiger partial charge on any atom is -0.480 e. The van der Waals surface area contributed by atoms with Gasteiger partial charge >= 0.3 is 25.7 Å². The molecule has 0 aromatic rings. The van der Waals surface area contributed by atoms with Crippen molar-refractivity contribution in [2.24, 2.45) is 5.73 Å². The maximum Gasteiger partial charge on any atom is 0.472 e. The molecule has 60 heavy (non-hydrogen) atoms. The van der Waals surface area contributed by atoms with E-state index in [1.807, 2.05) is 24.3 Å². The lowest BCUT2D eigenvalue weighted by atomic mass is 10.1. The van der Waals surface area contributed by atoms with Gasteiger partial charge in [0.2, 0.25) is 0 Å². The highest BCUT2D eigenvalue weighted by molar-refractivity contribution is 7.47. The van der Waals surface area contributed by atoms with E-state index in [0.717, 1.165) is 89.9 Å². The van der Waals surface area contributed by atoms with Crippen LogP contribution in [0.5, 0.6) is 0 Å². The number of carbonyl (C=O) groups is 3. The molecular weight excluding hydrogens is 781 g/mol. The first-order valence-electron chi connectivity index (χ1n) is 22.6. The number of hydrogen-bond donors (Lipinski definition) is 3. The molecule has 0 aromatic carbocycles. The van der Waals surface area contributed by atoms with E-state index in [2.05, 4.69) is 79.1 Å². The highest BCUT2D eigenvalue weighted by atomic mass is 31.2. The van der Waals surface area contributed by atoms with Gasteiger partial charge in [-0.2, -0.15) is 0 Å². The number of rotatable bonds is 41. The molecule has 0 radical (unpaired) electrons. The Balaban J connectivity index is 4.29. The van der Waals surface area contributed by atoms with Crippen molar-refractivity contribution in [1.82, 2.24) is 0 Å². The molecule has 0 spiro atoms. The van der Waals surface area contributed by atoms with E-state index >= 15 is 0 Å². The zero-order chi connectivity index (χ0) is 44.2. The van der Waals surface area contributed by atoms with Crippen LogP contribution in [0.2, 0.25) is 0 Å². The van der Waals surface area contributed by atoms with E-state index in [1.54, 1.807) is 0 Å². The summed E-state index contributed by atoms with van der Waals surface area (Å²) in [6, 6.07) is -1.53. The SMILES string of the molecule is CC/C=C/C=C/C=C/CCCCCCCC(=O)OC(COC(=O)CCCCCCCCCCCC/C=C/C/C=C/C/C=C/C/C=C/CC)COP(=O)(O)OC[C@H](N)C(=O)O. The number of unbranched alkanes of at least 4 members (excludes halogenated alkanes) is 15. The first-order chi connectivity index (χ1) is 29.1. The first kappa shape index (κ1) is 56.7. The summed E-state index contributed by atoms with van der Waals surface area (Å²) in [4.78, 5) is 46.0. The van der Waals surface area contributed by atoms with Gasteiger partial charge in [-0.3, -0.25) is 23.4 Å². The molecule has 11 nitrogen and oxygen atoms in total. The zero-order valence-electron chi connectivity index (χ0n) is 37.0. The number of ether oxygens (including phenoxy) is 2. The molecule has 0 saturated heterocycles. The van der Waals surface area contributed by atoms with Gasteiger partial charge in [0.1, 0.15) is 12.6 Å². The summed E-state index contributed by atoms with van der Waals surface area (Å²) in [6.07, 6.45) is 52.2. The van der Waals surface area contributed by atoms with Crippen molar-refractivity contribution in [3.8, 4) is 0 Å². The lowest BCUT2D eigenvalue weighted by Crippen LogP contribution is -2.34. The van der Waals surface area contributed by atoms with E-state index in [0.29, 0.717) is 12.8 Å². The van der Waals surface area contributed by atoms with Crippen LogP contribution in [-0.4, -0.2) is 59.9 Å². The Morgan fingerprint density at radius 3 is 1.50 bits per heavy atom. The molecule has 0 rings (SSSR count). The van der Waals surface area contributed by atoms with Crippen LogP contribution in [0.15, 0.2) is 85.1 Å². The fraction of sp³-hybridized carbons (Fsp3) is 0.646. The molecule has 0 saturated carbocycles. The highest BCUT2D eigenvalue weighted by Gasteiger charge is 2.28. The predicted octanol–water partition coefficient (Wildman–Crippen LogP) is 12.3. The fourth-order valence-corrected chi connectivity index (χ4v) is 6.48. The van der Waals surface area contributed by atoms with E-state index in [9.17, 15) is 23.8 Å². The highest BCUT2D eigenvalue weighted by Crippen LogP contribution is 2.43. The lowest BCUT2D eigenvalue weighted by Gasteiger charge is -2.20. The van der Waals surface area contributed by atoms with Crippen LogP contribution in [0.4, 0.5) is 0 Å². The molecule has 3 atom stereocenters. The van der Waals surface area contributed by atoms with Gasteiger partial charge in [0.05, 0.1) is 13.2 Å². The maximum atomic E-state index is 12.6. The first-order valence-corrected chi connectivity index (χ1v) is 24.1. The summed E-state index contributed by atoms with van der Waals surface area (Å²) in [5, 5.41) is 8.89. The van der Waals surface area contributed by atoms with Crippen molar-refractivity contribution >= 4 is 25.7 Å². The second-order valence-electron chi connectivity index (χ2n) is 14.8. The normalized spacial score (nSPS) is 14.5. The van der Waals surface area contributed by atoms with Crippen LogP contribution in [0.25, 0.3) is 0 Å². The maximum absolute atomic E-state index is 12.6. The number of hydrogen-bond acceptors (Lipinski definition) is 9. The third kappa shape index (κ3) is 41.4. The number of phosphoric ester groups is 1. The number of phosphoric acid groups is 1. The molecule has 0 aliphatic heterocycles. The van der Waals surface area contributed by atoms with Gasteiger partial charge in [-0.05, 0) is 70.6 Å². The second kappa shape index (κ2) is 42.4. The Morgan fingerprint density at radius 1 is 0.533 bits per heavy atom. The third-order valence-corrected chi connectivity index (χ3v) is 10.2. The van der Waals surface area contributed by atoms with Crippen molar-refractivity contribution in [1.29, 1.82) is 0 Å². The van der Waals surface area contributed by atoms with Gasteiger partial charge < -0.3 is 25.2 Å². The molecule has 12 heteroatoms. The van der Waals surface area contributed by atoms with E-state index in [1.165, 1.54) is 38.5 Å². The molecule has 0 amide bonds. The molecule has 0 aliphatic carbocycles. The van der Waals surface area contributed by atoms with Crippen molar-refractivity contribution in [3.63, 3.8) is 0 Å². The number of aliphatic carboxylic acids is 1. The average molecular weight is 862 g/mol. The quantitative estimate of drug-likeness (QED) is 0.0176. The van der Waals surface area contributed by atoms with Gasteiger partial charge in [0.15, 0.2) is 6.10 Å². The van der Waals surface area contributed by atoms with E-state index in [4.69, 9.17) is 24.8 Å². The number of nitrogens with two attached hydrogens (primary N) is 1. The van der Waals surface area contributed by atoms with Crippen LogP contribution in [0, 0.1) is 0 Å². The molecule has 0 heterocycles. The van der Waals surface area contributed by atoms with Crippen molar-refractivity contribution in [3.05, 3.63) is 85.1 Å². The molecule has 342 valence electrons. The number of allylic oxidation sites excluding steroid dienone is 14. The van der Waals surface area contributed by atoms with Gasteiger partial charge in [-0.25, -0.2) is 4.57 Å². The van der Waals surface area contributed by atoms with Gasteiger partial charge in [0, 0.05) is 12.8 Å². The fourth-order valence-electron chi connectivity index (χ4n) is 5.70. The number of carbonyl (C=O) groups excluding carboxylic acids is 2. The molecule has 4 N–H and O–H groups in total. The minimum absolute atomic E-state index is 0.133. The molecule has 2 unspecified atom stereocenters. The van der Waals surface area contributed by atoms with E-state index in [-0.39, 0.29) is 19.4 Å². The lowest BCUT2D eigenvalue weighted by molar-refractivity contribution is -0.161. The standard InChI is InChI=1S/C48H80NO10P/c1-3-5-7-9-11-13-15-17-18-19-20-21-22-23-24-25-26-28-29-31-33-35-37-39-46(50)56-41-44(42-57-60(54,55)58-43-45(49)48(52)53)59-47(51)40-38-36-34-32-30-27-16-14-12-10-8-6-4-2/h5-8,10-14,16-18,20-21,44-45H,3-4,9,15,19,22-43,49H2,1-2H3,(H,52,53)(H,54,55)/b7-5+,8-6+,12-10+,13-11+,16-14+,18-17+,21-20+/t44?,45-/m0/s1. The Kier molecular flexibility index (Phi) is 40.0. The summed E-state index contributed by atoms with van der Waals surface area (Å²) in [6.45, 7) is 2.52. The van der Waals surface area contributed by atoms with Crippen molar-refractivity contribution < 1.29 is 47.5 Å². The van der Waals surface area contributed by atoms with Gasteiger partial charge in [0.25, 0.3) is 0 Å². The molecule has 0 aliphatic rings. The monoisotopic (exact) mass is 862 g/mol. The Morgan fingerprint density at radius 2 is 0.967 bits per heavy atom. The van der Waals surface area contributed by atoms with Crippen LogP contribution in [-0.2, 0) is 37.5 Å². The van der Waals surface area contributed by atoms with Crippen LogP contribution in [0.1, 0.15) is 168 Å². The minimum atomic E-state index is -4.73. The third-order valence-electron chi connectivity index (χ3n) is 9.20. The predicted molar refractivity (Wildman–Crippen MR) is 244 cm³/mol. The van der Waals surface area contributed by atoms with Crippen LogP contribution >= 0.6 is 7.82 Å². The van der Waals surface area contributed by atoms with Gasteiger partial charge in [-0.1, -0.05) is 170 Å². The Bertz CT molecular complexity index is 1340. The van der Waals surface area contributed by atoms with E-state index < -0.39 is 51.1 Å². The molecule has 0 aromatic heterocycles.